The second kappa shape index (κ2) is 12.2. The van der Waals surface area contributed by atoms with E-state index < -0.39 is 0 Å². The van der Waals surface area contributed by atoms with E-state index in [0.717, 1.165) is 59.7 Å². The van der Waals surface area contributed by atoms with Crippen LogP contribution in [0.1, 0.15) is 38.2 Å². The van der Waals surface area contributed by atoms with Gasteiger partial charge in [-0.3, -0.25) is 0 Å². The lowest BCUT2D eigenvalue weighted by molar-refractivity contribution is 0.221. The van der Waals surface area contributed by atoms with Crippen molar-refractivity contribution in [1.29, 1.82) is 0 Å². The first-order valence-corrected chi connectivity index (χ1v) is 11.9. The summed E-state index contributed by atoms with van der Waals surface area (Å²) in [6, 6.07) is 15.4. The molecule has 0 spiro atoms. The molecule has 3 aromatic rings. The van der Waals surface area contributed by atoms with Gasteiger partial charge in [-0.1, -0.05) is 19.1 Å². The van der Waals surface area contributed by atoms with Gasteiger partial charge in [0.25, 0.3) is 0 Å². The second-order valence-corrected chi connectivity index (χ2v) is 8.96. The number of nitrogens with one attached hydrogen (secondary N) is 3. The molecule has 2 aromatic carbocycles. The van der Waals surface area contributed by atoms with Gasteiger partial charge in [0.1, 0.15) is 11.6 Å². The van der Waals surface area contributed by atoms with Gasteiger partial charge in [0.15, 0.2) is 0 Å². The number of hydrogen-bond donors (Lipinski definition) is 3. The van der Waals surface area contributed by atoms with Gasteiger partial charge in [0.2, 0.25) is 5.95 Å². The van der Waals surface area contributed by atoms with Crippen LogP contribution in [0.3, 0.4) is 0 Å². The summed E-state index contributed by atoms with van der Waals surface area (Å²) in [6.45, 7) is 3.75. The molecule has 1 fully saturated rings. The van der Waals surface area contributed by atoms with Crippen LogP contribution in [0.2, 0.25) is 0 Å². The third-order valence-corrected chi connectivity index (χ3v) is 6.47. The van der Waals surface area contributed by atoms with Crippen LogP contribution in [0.4, 0.5) is 17.5 Å². The number of aromatic nitrogens is 2. The molecule has 0 amide bonds. The molecule has 0 aliphatic heterocycles. The molecule has 3 N–H and O–H groups in total. The molecule has 34 heavy (non-hydrogen) atoms. The number of fused-ring (bicyclic) bond motifs is 1. The van der Waals surface area contributed by atoms with E-state index in [1.165, 1.54) is 12.8 Å². The molecule has 0 bridgehead atoms. The fourth-order valence-corrected chi connectivity index (χ4v) is 4.56. The summed E-state index contributed by atoms with van der Waals surface area (Å²) in [7, 11) is 6.06. The monoisotopic (exact) mass is 484 g/mol. The molecule has 8 heteroatoms. The smallest absolute Gasteiger partial charge is 0.229 e. The van der Waals surface area contributed by atoms with E-state index in [9.17, 15) is 0 Å². The van der Waals surface area contributed by atoms with Crippen LogP contribution < -0.4 is 20.7 Å². The third kappa shape index (κ3) is 6.29. The summed E-state index contributed by atoms with van der Waals surface area (Å²) in [4.78, 5) is 12.0. The van der Waals surface area contributed by atoms with Gasteiger partial charge in [0, 0.05) is 35.3 Å². The molecule has 7 nitrogen and oxygen atoms in total. The summed E-state index contributed by atoms with van der Waals surface area (Å²) in [5.41, 5.74) is 2.97. The molecular weight excluding hydrogens is 448 g/mol. The predicted molar refractivity (Wildman–Crippen MR) is 144 cm³/mol. The highest BCUT2D eigenvalue weighted by molar-refractivity contribution is 5.90. The van der Waals surface area contributed by atoms with Crippen LogP contribution in [0.5, 0.6) is 5.75 Å². The molecule has 0 unspecified atom stereocenters. The van der Waals surface area contributed by atoms with Gasteiger partial charge in [-0.05, 0) is 76.7 Å². The molecular formula is C26H37ClN6O. The zero-order chi connectivity index (χ0) is 23.2. The SMILES string of the molecule is CCNCc1cc(Nc2nc(NC3CCC(N(C)C)CC3)c3ccccc3n2)ccc1OC.Cl. The van der Waals surface area contributed by atoms with E-state index in [-0.39, 0.29) is 12.4 Å². The fraction of sp³-hybridized carbons (Fsp3) is 0.462. The highest BCUT2D eigenvalue weighted by Crippen LogP contribution is 2.29. The van der Waals surface area contributed by atoms with Crippen molar-refractivity contribution in [3.8, 4) is 5.75 Å². The van der Waals surface area contributed by atoms with Crippen molar-refractivity contribution in [3.63, 3.8) is 0 Å². The maximum absolute atomic E-state index is 5.52. The quantitative estimate of drug-likeness (QED) is 0.385. The topological polar surface area (TPSA) is 74.3 Å². The Hall–Kier alpha value is -2.61. The van der Waals surface area contributed by atoms with Crippen LogP contribution >= 0.6 is 12.4 Å². The average Bonchev–Trinajstić information content (AvgIpc) is 2.83. The van der Waals surface area contributed by atoms with Crippen molar-refractivity contribution in [2.75, 3.05) is 38.4 Å². The molecule has 1 aliphatic carbocycles. The third-order valence-electron chi connectivity index (χ3n) is 6.47. The second-order valence-electron chi connectivity index (χ2n) is 8.96. The van der Waals surface area contributed by atoms with Crippen LogP contribution in [0, 0.1) is 0 Å². The van der Waals surface area contributed by atoms with E-state index >= 15 is 0 Å². The Morgan fingerprint density at radius 2 is 1.79 bits per heavy atom. The van der Waals surface area contributed by atoms with Gasteiger partial charge in [-0.15, -0.1) is 12.4 Å². The maximum Gasteiger partial charge on any atom is 0.229 e. The fourth-order valence-electron chi connectivity index (χ4n) is 4.56. The minimum atomic E-state index is 0. The van der Waals surface area contributed by atoms with E-state index in [1.54, 1.807) is 7.11 Å². The Labute approximate surface area is 209 Å². The van der Waals surface area contributed by atoms with Crippen LogP contribution in [-0.4, -0.2) is 54.7 Å². The number of hydrogen-bond acceptors (Lipinski definition) is 7. The summed E-state index contributed by atoms with van der Waals surface area (Å²) in [5, 5.41) is 11.6. The van der Waals surface area contributed by atoms with Crippen molar-refractivity contribution in [3.05, 3.63) is 48.0 Å². The molecule has 184 valence electrons. The summed E-state index contributed by atoms with van der Waals surface area (Å²) >= 11 is 0. The molecule has 0 atom stereocenters. The van der Waals surface area contributed by atoms with E-state index in [0.29, 0.717) is 18.0 Å². The number of benzene rings is 2. The highest BCUT2D eigenvalue weighted by atomic mass is 35.5. The first-order valence-electron chi connectivity index (χ1n) is 11.9. The number of anilines is 3. The lowest BCUT2D eigenvalue weighted by atomic mass is 9.90. The van der Waals surface area contributed by atoms with E-state index in [2.05, 4.69) is 54.0 Å². The Morgan fingerprint density at radius 1 is 1.03 bits per heavy atom. The number of methoxy groups -OCH3 is 1. The molecule has 1 aliphatic rings. The Morgan fingerprint density at radius 3 is 2.50 bits per heavy atom. The van der Waals surface area contributed by atoms with Crippen LogP contribution in [0.15, 0.2) is 42.5 Å². The molecule has 0 radical (unpaired) electrons. The Bertz CT molecular complexity index is 1070. The molecule has 1 heterocycles. The number of para-hydroxylation sites is 1. The molecule has 0 saturated heterocycles. The molecule has 4 rings (SSSR count). The Kier molecular flexibility index (Phi) is 9.33. The minimum Gasteiger partial charge on any atom is -0.496 e. The maximum atomic E-state index is 5.52. The normalized spacial score (nSPS) is 17.9. The van der Waals surface area contributed by atoms with Crippen LogP contribution in [-0.2, 0) is 6.54 Å². The van der Waals surface area contributed by atoms with Crippen molar-refractivity contribution in [2.45, 2.75) is 51.2 Å². The van der Waals surface area contributed by atoms with Gasteiger partial charge in [0.05, 0.1) is 12.6 Å². The van der Waals surface area contributed by atoms with Crippen molar-refractivity contribution >= 4 is 40.8 Å². The number of rotatable bonds is 9. The highest BCUT2D eigenvalue weighted by Gasteiger charge is 2.23. The predicted octanol–water partition coefficient (Wildman–Crippen LogP) is 5.20. The minimum absolute atomic E-state index is 0. The van der Waals surface area contributed by atoms with Crippen LogP contribution in [0.25, 0.3) is 10.9 Å². The van der Waals surface area contributed by atoms with Gasteiger partial charge in [-0.2, -0.15) is 4.98 Å². The molecule has 1 saturated carbocycles. The van der Waals surface area contributed by atoms with Crippen molar-refractivity contribution in [2.24, 2.45) is 0 Å². The first kappa shape index (κ1) is 26.0. The van der Waals surface area contributed by atoms with E-state index in [4.69, 9.17) is 14.7 Å². The zero-order valence-corrected chi connectivity index (χ0v) is 21.4. The summed E-state index contributed by atoms with van der Waals surface area (Å²) < 4.78 is 5.52. The zero-order valence-electron chi connectivity index (χ0n) is 20.6. The average molecular weight is 485 g/mol. The van der Waals surface area contributed by atoms with Crippen molar-refractivity contribution < 1.29 is 4.74 Å². The standard InChI is InChI=1S/C26H36N6O.ClH/c1-5-27-17-18-16-20(12-15-24(18)33-4)29-26-30-23-9-7-6-8-22(23)25(31-26)28-19-10-13-21(14-11-19)32(2)3;/h6-9,12,15-16,19,21,27H,5,10-11,13-14,17H2,1-4H3,(H2,28,29,30,31);1H. The summed E-state index contributed by atoms with van der Waals surface area (Å²) in [6.07, 6.45) is 4.71. The first-order chi connectivity index (χ1) is 16.1. The van der Waals surface area contributed by atoms with Crippen molar-refractivity contribution in [1.82, 2.24) is 20.2 Å². The lowest BCUT2D eigenvalue weighted by Crippen LogP contribution is -2.36. The Balaban J connectivity index is 0.00000324. The number of halogens is 1. The van der Waals surface area contributed by atoms with Gasteiger partial charge < -0.3 is 25.6 Å². The summed E-state index contributed by atoms with van der Waals surface area (Å²) in [5.74, 6) is 2.37. The number of nitrogens with zero attached hydrogens (tertiary/aromatic N) is 3. The lowest BCUT2D eigenvalue weighted by Gasteiger charge is -2.33. The number of ether oxygens (including phenoxy) is 1. The van der Waals surface area contributed by atoms with E-state index in [1.807, 2.05) is 30.3 Å². The molecule has 1 aromatic heterocycles. The van der Waals surface area contributed by atoms with Gasteiger partial charge in [-0.25, -0.2) is 4.98 Å². The van der Waals surface area contributed by atoms with Gasteiger partial charge >= 0.3 is 0 Å². The largest absolute Gasteiger partial charge is 0.496 e.